The lowest BCUT2D eigenvalue weighted by Gasteiger charge is -2.02. The number of hydrogen-bond donors (Lipinski definition) is 0. The van der Waals surface area contributed by atoms with Crippen LogP contribution in [0.1, 0.15) is 5.56 Å². The summed E-state index contributed by atoms with van der Waals surface area (Å²) in [6.07, 6.45) is 1.88. The van der Waals surface area contributed by atoms with Crippen molar-refractivity contribution in [3.8, 4) is 0 Å². The Labute approximate surface area is 98.8 Å². The number of benzene rings is 1. The molecule has 0 saturated heterocycles. The minimum atomic E-state index is 1.05. The first-order chi connectivity index (χ1) is 6.16. The summed E-state index contributed by atoms with van der Waals surface area (Å²) in [6, 6.07) is 6.34. The van der Waals surface area contributed by atoms with Gasteiger partial charge in [0.25, 0.3) is 0 Å². The fraction of sp³-hybridized carbons (Fsp3) is 0.100. The van der Waals surface area contributed by atoms with Crippen LogP contribution in [0, 0.1) is 10.5 Å². The smallest absolute Gasteiger partial charge is 0.0716 e. The normalized spacial score (nSPS) is 10.7. The fourth-order valence-electron chi connectivity index (χ4n) is 1.29. The molecule has 0 radical (unpaired) electrons. The lowest BCUT2D eigenvalue weighted by Crippen LogP contribution is -1.83. The molecule has 0 aliphatic carbocycles. The molecule has 0 atom stereocenters. The first kappa shape index (κ1) is 9.40. The average Bonchev–Trinajstić information content (AvgIpc) is 2.06. The maximum Gasteiger partial charge on any atom is 0.0716 e. The van der Waals surface area contributed by atoms with Crippen molar-refractivity contribution in [1.82, 2.24) is 4.98 Å². The van der Waals surface area contributed by atoms with Gasteiger partial charge >= 0.3 is 0 Å². The molecule has 2 aromatic rings. The second-order valence-electron chi connectivity index (χ2n) is 2.97. The summed E-state index contributed by atoms with van der Waals surface area (Å²) in [6.45, 7) is 2.07. The van der Waals surface area contributed by atoms with E-state index in [0.717, 1.165) is 13.6 Å². The summed E-state index contributed by atoms with van der Waals surface area (Å²) in [4.78, 5) is 4.36. The van der Waals surface area contributed by atoms with Gasteiger partial charge in [-0.15, -0.1) is 0 Å². The third-order valence-corrected chi connectivity index (χ3v) is 3.11. The van der Waals surface area contributed by atoms with Gasteiger partial charge in [-0.2, -0.15) is 0 Å². The summed E-state index contributed by atoms with van der Waals surface area (Å²) in [5, 5.41) is 1.18. The number of aromatic nitrogens is 1. The highest BCUT2D eigenvalue weighted by molar-refractivity contribution is 14.1. The molecule has 0 aliphatic heterocycles. The highest BCUT2D eigenvalue weighted by Crippen LogP contribution is 2.25. The molecule has 1 nitrogen and oxygen atoms in total. The van der Waals surface area contributed by atoms with Crippen LogP contribution >= 0.6 is 38.5 Å². The van der Waals surface area contributed by atoms with E-state index in [1.807, 2.05) is 6.20 Å². The van der Waals surface area contributed by atoms with Gasteiger partial charge in [-0.1, -0.05) is 15.9 Å². The molecule has 0 saturated carbocycles. The quantitative estimate of drug-likeness (QED) is 0.658. The van der Waals surface area contributed by atoms with Crippen molar-refractivity contribution in [3.63, 3.8) is 0 Å². The van der Waals surface area contributed by atoms with Crippen molar-refractivity contribution in [1.29, 1.82) is 0 Å². The summed E-state index contributed by atoms with van der Waals surface area (Å²) in [5.74, 6) is 0. The van der Waals surface area contributed by atoms with E-state index in [9.17, 15) is 0 Å². The standard InChI is InChI=1S/C10H7BrIN/c1-6-2-9(11)8-4-7(12)5-13-10(8)3-6/h2-5H,1H3. The van der Waals surface area contributed by atoms with Crippen molar-refractivity contribution in [2.45, 2.75) is 6.92 Å². The fourth-order valence-corrected chi connectivity index (χ4v) is 2.42. The first-order valence-electron chi connectivity index (χ1n) is 3.88. The van der Waals surface area contributed by atoms with Crippen LogP contribution < -0.4 is 0 Å². The minimum Gasteiger partial charge on any atom is -0.255 e. The summed E-state index contributed by atoms with van der Waals surface area (Å²) in [7, 11) is 0. The second-order valence-corrected chi connectivity index (χ2v) is 5.07. The van der Waals surface area contributed by atoms with Gasteiger partial charge in [0.05, 0.1) is 5.52 Å². The Bertz CT molecular complexity index is 468. The van der Waals surface area contributed by atoms with Gasteiger partial charge < -0.3 is 0 Å². The van der Waals surface area contributed by atoms with Gasteiger partial charge in [-0.05, 0) is 53.3 Å². The summed E-state index contributed by atoms with van der Waals surface area (Å²) >= 11 is 5.81. The van der Waals surface area contributed by atoms with Gasteiger partial charge in [-0.25, -0.2) is 0 Å². The molecule has 13 heavy (non-hydrogen) atoms. The zero-order chi connectivity index (χ0) is 9.42. The number of hydrogen-bond acceptors (Lipinski definition) is 1. The largest absolute Gasteiger partial charge is 0.255 e. The molecule has 0 N–H and O–H groups in total. The molecular weight excluding hydrogens is 341 g/mol. The minimum absolute atomic E-state index is 1.05. The molecule has 0 amide bonds. The molecule has 0 fully saturated rings. The molecule has 3 heteroatoms. The molecular formula is C10H7BrIN. The van der Waals surface area contributed by atoms with E-state index >= 15 is 0 Å². The molecule has 1 aromatic heterocycles. The molecule has 0 unspecified atom stereocenters. The van der Waals surface area contributed by atoms with Crippen LogP contribution in [0.25, 0.3) is 10.9 Å². The summed E-state index contributed by atoms with van der Waals surface area (Å²) < 4.78 is 2.28. The third kappa shape index (κ3) is 1.86. The first-order valence-corrected chi connectivity index (χ1v) is 5.75. The lowest BCUT2D eigenvalue weighted by molar-refractivity contribution is 1.36. The highest BCUT2D eigenvalue weighted by Gasteiger charge is 2.01. The van der Waals surface area contributed by atoms with Crippen molar-refractivity contribution in [2.75, 3.05) is 0 Å². The number of pyridine rings is 1. The monoisotopic (exact) mass is 347 g/mol. The highest BCUT2D eigenvalue weighted by atomic mass is 127. The number of fused-ring (bicyclic) bond motifs is 1. The van der Waals surface area contributed by atoms with E-state index in [4.69, 9.17) is 0 Å². The molecule has 1 aromatic carbocycles. The van der Waals surface area contributed by atoms with Crippen LogP contribution in [0.15, 0.2) is 28.9 Å². The Morgan fingerprint density at radius 3 is 2.85 bits per heavy atom. The number of aryl methyl sites for hydroxylation is 1. The van der Waals surface area contributed by atoms with Crippen molar-refractivity contribution in [2.24, 2.45) is 0 Å². The van der Waals surface area contributed by atoms with E-state index in [1.54, 1.807) is 0 Å². The van der Waals surface area contributed by atoms with Crippen LogP contribution in [0.5, 0.6) is 0 Å². The predicted octanol–water partition coefficient (Wildman–Crippen LogP) is 3.91. The molecule has 0 spiro atoms. The zero-order valence-corrected chi connectivity index (χ0v) is 10.8. The van der Waals surface area contributed by atoms with Crippen LogP contribution in [0.4, 0.5) is 0 Å². The second kappa shape index (κ2) is 3.53. The topological polar surface area (TPSA) is 12.9 Å². The van der Waals surface area contributed by atoms with Crippen molar-refractivity contribution < 1.29 is 0 Å². The molecule has 0 bridgehead atoms. The predicted molar refractivity (Wildman–Crippen MR) is 66.9 cm³/mol. The van der Waals surface area contributed by atoms with E-state index in [2.05, 4.69) is 68.6 Å². The van der Waals surface area contributed by atoms with E-state index in [-0.39, 0.29) is 0 Å². The Morgan fingerprint density at radius 1 is 1.31 bits per heavy atom. The van der Waals surface area contributed by atoms with Crippen molar-refractivity contribution >= 4 is 49.4 Å². The third-order valence-electron chi connectivity index (χ3n) is 1.86. The van der Waals surface area contributed by atoms with Gasteiger partial charge in [0.15, 0.2) is 0 Å². The summed E-state index contributed by atoms with van der Waals surface area (Å²) in [5.41, 5.74) is 2.28. The van der Waals surface area contributed by atoms with Gasteiger partial charge in [-0.3, -0.25) is 4.98 Å². The zero-order valence-electron chi connectivity index (χ0n) is 7.01. The Morgan fingerprint density at radius 2 is 2.08 bits per heavy atom. The Kier molecular flexibility index (Phi) is 2.55. The number of rotatable bonds is 0. The number of nitrogens with zero attached hydrogens (tertiary/aromatic N) is 1. The Balaban J connectivity index is 2.87. The SMILES string of the molecule is Cc1cc(Br)c2cc(I)cnc2c1. The maximum atomic E-state index is 4.36. The lowest BCUT2D eigenvalue weighted by atomic mass is 10.1. The molecule has 2 rings (SSSR count). The molecule has 66 valence electrons. The van der Waals surface area contributed by atoms with Gasteiger partial charge in [0.1, 0.15) is 0 Å². The molecule has 1 heterocycles. The van der Waals surface area contributed by atoms with E-state index < -0.39 is 0 Å². The Hall–Kier alpha value is -0.160. The van der Waals surface area contributed by atoms with E-state index in [1.165, 1.54) is 10.9 Å². The van der Waals surface area contributed by atoms with Crippen molar-refractivity contribution in [3.05, 3.63) is 38.0 Å². The van der Waals surface area contributed by atoms with Crippen LogP contribution in [-0.4, -0.2) is 4.98 Å². The molecule has 0 aliphatic rings. The van der Waals surface area contributed by atoms with E-state index in [0.29, 0.717) is 0 Å². The average molecular weight is 348 g/mol. The van der Waals surface area contributed by atoms with Crippen LogP contribution in [-0.2, 0) is 0 Å². The van der Waals surface area contributed by atoms with Gasteiger partial charge in [0, 0.05) is 19.6 Å². The number of halogens is 2. The van der Waals surface area contributed by atoms with Crippen LogP contribution in [0.3, 0.4) is 0 Å². The maximum absolute atomic E-state index is 4.36. The van der Waals surface area contributed by atoms with Gasteiger partial charge in [0.2, 0.25) is 0 Å². The van der Waals surface area contributed by atoms with Crippen LogP contribution in [0.2, 0.25) is 0 Å².